The van der Waals surface area contributed by atoms with E-state index in [4.69, 9.17) is 4.74 Å². The molecule has 0 bridgehead atoms. The van der Waals surface area contributed by atoms with Gasteiger partial charge in [0.05, 0.1) is 18.6 Å². The van der Waals surface area contributed by atoms with Crippen LogP contribution in [-0.2, 0) is 16.6 Å². The maximum atomic E-state index is 13.0. The lowest BCUT2D eigenvalue weighted by Crippen LogP contribution is -2.51. The molecule has 0 radical (unpaired) electrons. The number of rotatable bonds is 5. The number of nitrogens with zero attached hydrogens (tertiary/aromatic N) is 1. The number of halogens is 1. The SMILES string of the molecule is COc1cc(S(=O)(=O)N2CC(F)C2)ccc1-c1cccc(CO)c1. The highest BCUT2D eigenvalue weighted by Crippen LogP contribution is 2.34. The Morgan fingerprint density at radius 1 is 1.25 bits per heavy atom. The van der Waals surface area contributed by atoms with Crippen LogP contribution in [0.1, 0.15) is 5.56 Å². The summed E-state index contributed by atoms with van der Waals surface area (Å²) < 4.78 is 44.3. The number of hydrogen-bond donors (Lipinski definition) is 1. The first-order valence-corrected chi connectivity index (χ1v) is 8.92. The predicted octanol–water partition coefficient (Wildman–Crippen LogP) is 2.20. The minimum absolute atomic E-state index is 0.0771. The van der Waals surface area contributed by atoms with E-state index in [1.165, 1.54) is 19.2 Å². The van der Waals surface area contributed by atoms with E-state index in [-0.39, 0.29) is 24.6 Å². The van der Waals surface area contributed by atoms with Crippen LogP contribution in [0.2, 0.25) is 0 Å². The Hall–Kier alpha value is -1.96. The zero-order valence-electron chi connectivity index (χ0n) is 13.1. The highest BCUT2D eigenvalue weighted by atomic mass is 32.2. The zero-order valence-corrected chi connectivity index (χ0v) is 14.0. The summed E-state index contributed by atoms with van der Waals surface area (Å²) in [6, 6.07) is 11.9. The van der Waals surface area contributed by atoms with Gasteiger partial charge in [-0.2, -0.15) is 4.31 Å². The number of alkyl halides is 1. The molecule has 128 valence electrons. The summed E-state index contributed by atoms with van der Waals surface area (Å²) in [6.45, 7) is -0.294. The van der Waals surface area contributed by atoms with Gasteiger partial charge < -0.3 is 9.84 Å². The van der Waals surface area contributed by atoms with Gasteiger partial charge in [-0.1, -0.05) is 18.2 Å². The summed E-state index contributed by atoms with van der Waals surface area (Å²) in [5.74, 6) is 0.406. The Kier molecular flexibility index (Phi) is 4.58. The topological polar surface area (TPSA) is 66.8 Å². The fraction of sp³-hybridized carbons (Fsp3) is 0.294. The van der Waals surface area contributed by atoms with Gasteiger partial charge in [0.1, 0.15) is 11.9 Å². The van der Waals surface area contributed by atoms with Crippen LogP contribution in [0.4, 0.5) is 4.39 Å². The standard InChI is InChI=1S/C17H18FNO4S/c1-23-17-8-15(24(21,22)19-9-14(18)10-19)5-6-16(17)13-4-2-3-12(7-13)11-20/h2-8,14,20H,9-11H2,1H3. The highest BCUT2D eigenvalue weighted by Gasteiger charge is 2.37. The van der Waals surface area contributed by atoms with Gasteiger partial charge in [-0.05, 0) is 29.3 Å². The molecule has 24 heavy (non-hydrogen) atoms. The Bertz CT molecular complexity index is 847. The molecule has 5 nitrogen and oxygen atoms in total. The summed E-state index contributed by atoms with van der Waals surface area (Å²) in [5.41, 5.74) is 2.29. The first-order chi connectivity index (χ1) is 11.5. The van der Waals surface area contributed by atoms with E-state index in [9.17, 15) is 17.9 Å². The van der Waals surface area contributed by atoms with Gasteiger partial charge in [-0.25, -0.2) is 12.8 Å². The molecular weight excluding hydrogens is 333 g/mol. The molecule has 1 heterocycles. The second-order valence-corrected chi connectivity index (χ2v) is 7.58. The van der Waals surface area contributed by atoms with Crippen molar-refractivity contribution in [2.45, 2.75) is 17.7 Å². The molecule has 0 atom stereocenters. The molecule has 0 amide bonds. The van der Waals surface area contributed by atoms with Crippen LogP contribution in [0.3, 0.4) is 0 Å². The lowest BCUT2D eigenvalue weighted by molar-refractivity contribution is 0.141. The quantitative estimate of drug-likeness (QED) is 0.897. The van der Waals surface area contributed by atoms with Crippen LogP contribution >= 0.6 is 0 Å². The number of aliphatic hydroxyl groups is 1. The van der Waals surface area contributed by atoms with E-state index < -0.39 is 16.2 Å². The van der Waals surface area contributed by atoms with Crippen molar-refractivity contribution < 1.29 is 22.7 Å². The summed E-state index contributed by atoms with van der Waals surface area (Å²) in [4.78, 5) is 0.0771. The molecule has 1 N–H and O–H groups in total. The number of ether oxygens (including phenoxy) is 1. The van der Waals surface area contributed by atoms with Crippen LogP contribution in [0.15, 0.2) is 47.4 Å². The average Bonchev–Trinajstić information content (AvgIpc) is 2.58. The predicted molar refractivity (Wildman–Crippen MR) is 88.0 cm³/mol. The first kappa shape index (κ1) is 16.9. The van der Waals surface area contributed by atoms with Crippen LogP contribution in [0.5, 0.6) is 5.75 Å². The van der Waals surface area contributed by atoms with Crippen LogP contribution < -0.4 is 4.74 Å². The Balaban J connectivity index is 1.99. The Morgan fingerprint density at radius 3 is 2.62 bits per heavy atom. The third-order valence-electron chi connectivity index (χ3n) is 4.03. The van der Waals surface area contributed by atoms with Crippen molar-refractivity contribution in [3.05, 3.63) is 48.0 Å². The zero-order chi connectivity index (χ0) is 17.3. The molecular formula is C17H18FNO4S. The molecule has 0 saturated carbocycles. The minimum Gasteiger partial charge on any atom is -0.496 e. The van der Waals surface area contributed by atoms with Crippen LogP contribution in [-0.4, -0.2) is 44.2 Å². The molecule has 1 aliphatic heterocycles. The molecule has 1 fully saturated rings. The van der Waals surface area contributed by atoms with Crippen molar-refractivity contribution in [2.24, 2.45) is 0 Å². The smallest absolute Gasteiger partial charge is 0.243 e. The number of aliphatic hydroxyl groups excluding tert-OH is 1. The molecule has 3 rings (SSSR count). The first-order valence-electron chi connectivity index (χ1n) is 7.48. The summed E-state index contributed by atoms with van der Waals surface area (Å²) in [7, 11) is -2.24. The maximum Gasteiger partial charge on any atom is 0.243 e. The molecule has 0 spiro atoms. The Labute approximate surface area is 140 Å². The normalized spacial score (nSPS) is 16.0. The van der Waals surface area contributed by atoms with Gasteiger partial charge in [0.2, 0.25) is 10.0 Å². The average molecular weight is 351 g/mol. The largest absolute Gasteiger partial charge is 0.496 e. The number of hydrogen-bond acceptors (Lipinski definition) is 4. The van der Waals surface area contributed by atoms with Crippen molar-refractivity contribution in [1.29, 1.82) is 0 Å². The molecule has 2 aromatic rings. The summed E-state index contributed by atoms with van der Waals surface area (Å²) in [5, 5.41) is 9.26. The van der Waals surface area contributed by atoms with Gasteiger partial charge in [-0.3, -0.25) is 0 Å². The van der Waals surface area contributed by atoms with Crippen molar-refractivity contribution in [3.8, 4) is 16.9 Å². The summed E-state index contributed by atoms with van der Waals surface area (Å²) in [6.07, 6.45) is -1.10. The molecule has 0 aromatic heterocycles. The van der Waals surface area contributed by atoms with Gasteiger partial charge in [-0.15, -0.1) is 0 Å². The molecule has 1 aliphatic rings. The molecule has 2 aromatic carbocycles. The van der Waals surface area contributed by atoms with Crippen molar-refractivity contribution in [3.63, 3.8) is 0 Å². The van der Waals surface area contributed by atoms with Gasteiger partial charge in [0.15, 0.2) is 0 Å². The van der Waals surface area contributed by atoms with Gasteiger partial charge in [0, 0.05) is 24.7 Å². The van der Waals surface area contributed by atoms with E-state index in [1.54, 1.807) is 12.1 Å². The van der Waals surface area contributed by atoms with Crippen molar-refractivity contribution >= 4 is 10.0 Å². The third kappa shape index (κ3) is 3.02. The van der Waals surface area contributed by atoms with Crippen molar-refractivity contribution in [2.75, 3.05) is 20.2 Å². The fourth-order valence-corrected chi connectivity index (χ4v) is 4.15. The van der Waals surface area contributed by atoms with Gasteiger partial charge in [0.25, 0.3) is 0 Å². The third-order valence-corrected chi connectivity index (χ3v) is 5.86. The number of sulfonamides is 1. The van der Waals surface area contributed by atoms with E-state index in [2.05, 4.69) is 0 Å². The molecule has 0 unspecified atom stereocenters. The van der Waals surface area contributed by atoms with E-state index in [1.807, 2.05) is 18.2 Å². The summed E-state index contributed by atoms with van der Waals surface area (Å²) >= 11 is 0. The highest BCUT2D eigenvalue weighted by molar-refractivity contribution is 7.89. The number of benzene rings is 2. The molecule has 0 aliphatic carbocycles. The van der Waals surface area contributed by atoms with Gasteiger partial charge >= 0.3 is 0 Å². The van der Waals surface area contributed by atoms with Crippen LogP contribution in [0.25, 0.3) is 11.1 Å². The van der Waals surface area contributed by atoms with Crippen molar-refractivity contribution in [1.82, 2.24) is 4.31 Å². The molecule has 7 heteroatoms. The Morgan fingerprint density at radius 2 is 2.00 bits per heavy atom. The van der Waals surface area contributed by atoms with E-state index >= 15 is 0 Å². The maximum absolute atomic E-state index is 13.0. The van der Waals surface area contributed by atoms with E-state index in [0.717, 1.165) is 21.0 Å². The van der Waals surface area contributed by atoms with Crippen LogP contribution in [0, 0.1) is 0 Å². The fourth-order valence-electron chi connectivity index (χ4n) is 2.64. The monoisotopic (exact) mass is 351 g/mol. The lowest BCUT2D eigenvalue weighted by Gasteiger charge is -2.33. The minimum atomic E-state index is -3.71. The number of methoxy groups -OCH3 is 1. The second kappa shape index (κ2) is 6.51. The molecule has 1 saturated heterocycles. The lowest BCUT2D eigenvalue weighted by atomic mass is 10.0. The van der Waals surface area contributed by atoms with E-state index in [0.29, 0.717) is 5.75 Å². The second-order valence-electron chi connectivity index (χ2n) is 5.64.